The molecule has 136 valence electrons. The SMILES string of the molecule is CSCCn1c(=NC(=O)CSc2ccc(F)cc2)sc2cc(F)ccc21. The van der Waals surface area contributed by atoms with E-state index in [0.717, 1.165) is 20.9 Å². The molecule has 0 aliphatic carbocycles. The number of halogens is 2. The van der Waals surface area contributed by atoms with Crippen molar-refractivity contribution in [2.45, 2.75) is 11.4 Å². The summed E-state index contributed by atoms with van der Waals surface area (Å²) in [5.74, 6) is 0.147. The number of fused-ring (bicyclic) bond motifs is 1. The molecule has 3 nitrogen and oxygen atoms in total. The van der Waals surface area contributed by atoms with Crippen molar-refractivity contribution in [2.24, 2.45) is 4.99 Å². The van der Waals surface area contributed by atoms with Gasteiger partial charge in [-0.1, -0.05) is 11.3 Å². The minimum absolute atomic E-state index is 0.163. The van der Waals surface area contributed by atoms with Crippen molar-refractivity contribution in [1.29, 1.82) is 0 Å². The molecule has 0 spiro atoms. The molecule has 0 radical (unpaired) electrons. The molecule has 1 aromatic heterocycles. The van der Waals surface area contributed by atoms with Crippen LogP contribution in [0.15, 0.2) is 52.4 Å². The van der Waals surface area contributed by atoms with Crippen LogP contribution in [0.2, 0.25) is 0 Å². The first-order valence-electron chi connectivity index (χ1n) is 7.80. The maximum Gasteiger partial charge on any atom is 0.258 e. The van der Waals surface area contributed by atoms with Crippen LogP contribution in [0, 0.1) is 11.6 Å². The zero-order chi connectivity index (χ0) is 18.5. The number of hydrogen-bond acceptors (Lipinski definition) is 4. The summed E-state index contributed by atoms with van der Waals surface area (Å²) in [7, 11) is 0. The lowest BCUT2D eigenvalue weighted by molar-refractivity contribution is -0.115. The van der Waals surface area contributed by atoms with Crippen molar-refractivity contribution in [3.05, 3.63) is 58.9 Å². The Labute approximate surface area is 162 Å². The molecule has 0 saturated heterocycles. The quantitative estimate of drug-likeness (QED) is 0.559. The van der Waals surface area contributed by atoms with Crippen molar-refractivity contribution in [3.63, 3.8) is 0 Å². The Balaban J connectivity index is 1.84. The van der Waals surface area contributed by atoms with Gasteiger partial charge in [-0.15, -0.1) is 11.8 Å². The van der Waals surface area contributed by atoms with Crippen LogP contribution in [0.25, 0.3) is 10.2 Å². The Morgan fingerprint density at radius 3 is 2.62 bits per heavy atom. The standard InChI is InChI=1S/C18H16F2N2OS3/c1-24-9-8-22-15-7-4-13(20)10-16(15)26-18(22)21-17(23)11-25-14-5-2-12(19)3-6-14/h2-7,10H,8-9,11H2,1H3. The molecular formula is C18H16F2N2OS3. The van der Waals surface area contributed by atoms with E-state index >= 15 is 0 Å². The number of rotatable bonds is 6. The Morgan fingerprint density at radius 1 is 1.15 bits per heavy atom. The van der Waals surface area contributed by atoms with Crippen LogP contribution in [-0.4, -0.2) is 28.2 Å². The highest BCUT2D eigenvalue weighted by molar-refractivity contribution is 8.00. The summed E-state index contributed by atoms with van der Waals surface area (Å²) in [6, 6.07) is 10.6. The fourth-order valence-corrected chi connectivity index (χ4v) is 4.49. The largest absolute Gasteiger partial charge is 0.316 e. The Bertz CT molecular complexity index is 980. The second kappa shape index (κ2) is 8.83. The van der Waals surface area contributed by atoms with Crippen LogP contribution in [0.3, 0.4) is 0 Å². The molecule has 3 rings (SSSR count). The number of aromatic nitrogens is 1. The topological polar surface area (TPSA) is 34.4 Å². The third-order valence-corrected chi connectivity index (χ3v) is 6.19. The molecule has 0 aliphatic heterocycles. The third-order valence-electron chi connectivity index (χ3n) is 3.56. The third kappa shape index (κ3) is 4.75. The predicted octanol–water partition coefficient (Wildman–Crippen LogP) is 4.56. The van der Waals surface area contributed by atoms with E-state index in [4.69, 9.17) is 0 Å². The summed E-state index contributed by atoms with van der Waals surface area (Å²) in [5.41, 5.74) is 0.878. The number of hydrogen-bond donors (Lipinski definition) is 0. The van der Waals surface area contributed by atoms with Gasteiger partial charge in [0.1, 0.15) is 11.6 Å². The van der Waals surface area contributed by atoms with Gasteiger partial charge in [-0.05, 0) is 48.7 Å². The van der Waals surface area contributed by atoms with E-state index in [1.54, 1.807) is 30.0 Å². The van der Waals surface area contributed by atoms with E-state index in [0.29, 0.717) is 11.3 Å². The Hall–Kier alpha value is -1.64. The molecule has 8 heteroatoms. The molecule has 1 heterocycles. The first-order chi connectivity index (χ1) is 12.6. The fraction of sp³-hybridized carbons (Fsp3) is 0.222. The van der Waals surface area contributed by atoms with E-state index in [1.807, 2.05) is 10.8 Å². The van der Waals surface area contributed by atoms with Crippen LogP contribution in [0.4, 0.5) is 8.78 Å². The Kier molecular flexibility index (Phi) is 6.50. The number of benzene rings is 2. The number of carbonyl (C=O) groups excluding carboxylic acids is 1. The second-order valence-corrected chi connectivity index (χ2v) is 8.43. The summed E-state index contributed by atoms with van der Waals surface area (Å²) in [6.07, 6.45) is 2.01. The van der Waals surface area contributed by atoms with Crippen LogP contribution in [-0.2, 0) is 11.3 Å². The van der Waals surface area contributed by atoms with E-state index < -0.39 is 0 Å². The highest BCUT2D eigenvalue weighted by Gasteiger charge is 2.09. The van der Waals surface area contributed by atoms with Crippen molar-refractivity contribution in [2.75, 3.05) is 17.8 Å². The van der Waals surface area contributed by atoms with Gasteiger partial charge in [0, 0.05) is 17.2 Å². The van der Waals surface area contributed by atoms with Crippen LogP contribution < -0.4 is 4.80 Å². The maximum absolute atomic E-state index is 13.5. The normalized spacial score (nSPS) is 12.0. The van der Waals surface area contributed by atoms with E-state index in [9.17, 15) is 13.6 Å². The number of thioether (sulfide) groups is 2. The molecule has 0 bridgehead atoms. The highest BCUT2D eigenvalue weighted by Crippen LogP contribution is 2.20. The molecule has 3 aromatic rings. The zero-order valence-corrected chi connectivity index (χ0v) is 16.4. The molecule has 26 heavy (non-hydrogen) atoms. The second-order valence-electron chi connectivity index (χ2n) is 5.39. The first-order valence-corrected chi connectivity index (χ1v) is 11.0. The van der Waals surface area contributed by atoms with Gasteiger partial charge in [0.05, 0.1) is 16.0 Å². The van der Waals surface area contributed by atoms with E-state index in [1.165, 1.54) is 47.4 Å². The molecule has 1 amide bonds. The number of thiazole rings is 1. The van der Waals surface area contributed by atoms with Crippen molar-refractivity contribution in [1.82, 2.24) is 4.57 Å². The van der Waals surface area contributed by atoms with Crippen molar-refractivity contribution >= 4 is 51.0 Å². The lowest BCUT2D eigenvalue weighted by Crippen LogP contribution is -2.18. The molecule has 0 saturated carbocycles. The van der Waals surface area contributed by atoms with Crippen LogP contribution in [0.5, 0.6) is 0 Å². The van der Waals surface area contributed by atoms with Gasteiger partial charge in [-0.2, -0.15) is 16.8 Å². The fourth-order valence-electron chi connectivity index (χ4n) is 2.35. The van der Waals surface area contributed by atoms with E-state index in [-0.39, 0.29) is 23.3 Å². The molecular weight excluding hydrogens is 394 g/mol. The van der Waals surface area contributed by atoms with Gasteiger partial charge >= 0.3 is 0 Å². The highest BCUT2D eigenvalue weighted by atomic mass is 32.2. The van der Waals surface area contributed by atoms with Gasteiger partial charge < -0.3 is 4.57 Å². The van der Waals surface area contributed by atoms with Gasteiger partial charge in [-0.25, -0.2) is 8.78 Å². The van der Waals surface area contributed by atoms with E-state index in [2.05, 4.69) is 4.99 Å². The van der Waals surface area contributed by atoms with Crippen molar-refractivity contribution in [3.8, 4) is 0 Å². The lowest BCUT2D eigenvalue weighted by Gasteiger charge is -2.03. The minimum Gasteiger partial charge on any atom is -0.316 e. The number of nitrogens with zero attached hydrogens (tertiary/aromatic N) is 2. The first kappa shape index (κ1) is 19.1. The Morgan fingerprint density at radius 2 is 1.88 bits per heavy atom. The predicted molar refractivity (Wildman–Crippen MR) is 106 cm³/mol. The molecule has 0 fully saturated rings. The molecule has 0 N–H and O–H groups in total. The summed E-state index contributed by atoms with van der Waals surface area (Å²) in [5, 5.41) is 0. The number of amides is 1. The van der Waals surface area contributed by atoms with Gasteiger partial charge in [0.25, 0.3) is 5.91 Å². The smallest absolute Gasteiger partial charge is 0.258 e. The molecule has 2 aromatic carbocycles. The monoisotopic (exact) mass is 410 g/mol. The zero-order valence-electron chi connectivity index (χ0n) is 13.9. The van der Waals surface area contributed by atoms with Gasteiger partial charge in [0.15, 0.2) is 4.80 Å². The number of aryl methyl sites for hydroxylation is 1. The maximum atomic E-state index is 13.5. The average Bonchev–Trinajstić information content (AvgIpc) is 2.95. The summed E-state index contributed by atoms with van der Waals surface area (Å²) >= 11 is 4.31. The van der Waals surface area contributed by atoms with Crippen LogP contribution >= 0.6 is 34.9 Å². The van der Waals surface area contributed by atoms with Crippen LogP contribution in [0.1, 0.15) is 0 Å². The molecule has 0 aliphatic rings. The van der Waals surface area contributed by atoms with Crippen molar-refractivity contribution < 1.29 is 13.6 Å². The lowest BCUT2D eigenvalue weighted by atomic mass is 10.3. The van der Waals surface area contributed by atoms with Gasteiger partial charge in [-0.3, -0.25) is 4.79 Å². The summed E-state index contributed by atoms with van der Waals surface area (Å²) in [6.45, 7) is 0.698. The average molecular weight is 411 g/mol. The summed E-state index contributed by atoms with van der Waals surface area (Å²) < 4.78 is 29.1. The minimum atomic E-state index is -0.308. The molecule has 0 atom stereocenters. The summed E-state index contributed by atoms with van der Waals surface area (Å²) in [4.78, 5) is 17.9. The number of carbonyl (C=O) groups is 1. The molecule has 0 unspecified atom stereocenters. The van der Waals surface area contributed by atoms with Gasteiger partial charge in [0.2, 0.25) is 0 Å².